The molecule has 3 rings (SSSR count). The summed E-state index contributed by atoms with van der Waals surface area (Å²) >= 11 is 0. The fraction of sp³-hybridized carbons (Fsp3) is 0.438. The highest BCUT2D eigenvalue weighted by atomic mass is 16.1. The minimum atomic E-state index is -0.286. The summed E-state index contributed by atoms with van der Waals surface area (Å²) in [5, 5.41) is 4.75. The molecule has 0 radical (unpaired) electrons. The van der Waals surface area contributed by atoms with Crippen LogP contribution in [-0.2, 0) is 11.2 Å². The SMILES string of the molecule is Cc1c[nH]c2c(CC(N)=O)ccc(C3CCCNC3)c12. The van der Waals surface area contributed by atoms with E-state index in [9.17, 15) is 4.79 Å². The molecule has 4 N–H and O–H groups in total. The number of rotatable bonds is 3. The molecule has 1 aromatic carbocycles. The van der Waals surface area contributed by atoms with Gasteiger partial charge in [-0.3, -0.25) is 4.79 Å². The van der Waals surface area contributed by atoms with E-state index in [2.05, 4.69) is 23.3 Å². The van der Waals surface area contributed by atoms with Crippen LogP contribution < -0.4 is 11.1 Å². The number of amides is 1. The van der Waals surface area contributed by atoms with Crippen molar-refractivity contribution < 1.29 is 4.79 Å². The van der Waals surface area contributed by atoms with E-state index in [1.807, 2.05) is 12.3 Å². The van der Waals surface area contributed by atoms with Crippen molar-refractivity contribution in [3.63, 3.8) is 0 Å². The first-order valence-electron chi connectivity index (χ1n) is 7.25. The van der Waals surface area contributed by atoms with E-state index >= 15 is 0 Å². The molecule has 0 saturated carbocycles. The molecule has 1 aliphatic heterocycles. The van der Waals surface area contributed by atoms with Crippen LogP contribution in [0.3, 0.4) is 0 Å². The molecule has 0 bridgehead atoms. The number of aromatic nitrogens is 1. The van der Waals surface area contributed by atoms with Gasteiger partial charge in [-0.25, -0.2) is 0 Å². The molecule has 1 aromatic heterocycles. The Hall–Kier alpha value is -1.81. The third kappa shape index (κ3) is 2.31. The molecule has 20 heavy (non-hydrogen) atoms. The van der Waals surface area contributed by atoms with Gasteiger partial charge in [0.25, 0.3) is 0 Å². The van der Waals surface area contributed by atoms with Gasteiger partial charge in [0, 0.05) is 23.6 Å². The summed E-state index contributed by atoms with van der Waals surface area (Å²) in [5.41, 5.74) is 10.0. The van der Waals surface area contributed by atoms with Crippen LogP contribution in [0.1, 0.15) is 35.4 Å². The van der Waals surface area contributed by atoms with E-state index in [0.29, 0.717) is 12.3 Å². The second kappa shape index (κ2) is 5.29. The van der Waals surface area contributed by atoms with Crippen molar-refractivity contribution in [2.24, 2.45) is 5.73 Å². The summed E-state index contributed by atoms with van der Waals surface area (Å²) in [4.78, 5) is 14.5. The second-order valence-corrected chi connectivity index (χ2v) is 5.72. The Kier molecular flexibility index (Phi) is 3.49. The third-order valence-electron chi connectivity index (χ3n) is 4.25. The lowest BCUT2D eigenvalue weighted by Gasteiger charge is -2.24. The van der Waals surface area contributed by atoms with Gasteiger partial charge in [0.15, 0.2) is 0 Å². The third-order valence-corrected chi connectivity index (χ3v) is 4.25. The number of aryl methyl sites for hydroxylation is 1. The molecule has 2 heterocycles. The highest BCUT2D eigenvalue weighted by molar-refractivity contribution is 5.92. The quantitative estimate of drug-likeness (QED) is 0.798. The van der Waals surface area contributed by atoms with Crippen LogP contribution in [0.25, 0.3) is 10.9 Å². The number of nitrogens with one attached hydrogen (secondary N) is 2. The zero-order valence-electron chi connectivity index (χ0n) is 11.8. The van der Waals surface area contributed by atoms with Crippen molar-refractivity contribution >= 4 is 16.8 Å². The van der Waals surface area contributed by atoms with Crippen LogP contribution in [0.4, 0.5) is 0 Å². The maximum absolute atomic E-state index is 11.2. The van der Waals surface area contributed by atoms with Crippen LogP contribution in [0, 0.1) is 6.92 Å². The molecule has 1 fully saturated rings. The minimum absolute atomic E-state index is 0.286. The monoisotopic (exact) mass is 271 g/mol. The van der Waals surface area contributed by atoms with Gasteiger partial charge >= 0.3 is 0 Å². The lowest BCUT2D eigenvalue weighted by Crippen LogP contribution is -2.28. The van der Waals surface area contributed by atoms with Crippen LogP contribution >= 0.6 is 0 Å². The summed E-state index contributed by atoms with van der Waals surface area (Å²) in [6, 6.07) is 4.23. The minimum Gasteiger partial charge on any atom is -0.369 e. The van der Waals surface area contributed by atoms with Crippen LogP contribution in [0.5, 0.6) is 0 Å². The standard InChI is InChI=1S/C16H21N3O/c1-10-8-19-16-11(7-14(17)20)4-5-13(15(10)16)12-3-2-6-18-9-12/h4-5,8,12,18-19H,2-3,6-7,9H2,1H3,(H2,17,20). The van der Waals surface area contributed by atoms with Gasteiger partial charge in [-0.2, -0.15) is 0 Å². The number of hydrogen-bond acceptors (Lipinski definition) is 2. The Morgan fingerprint density at radius 3 is 3.00 bits per heavy atom. The predicted molar refractivity (Wildman–Crippen MR) is 80.8 cm³/mol. The van der Waals surface area contributed by atoms with Gasteiger partial charge in [-0.15, -0.1) is 0 Å². The van der Waals surface area contributed by atoms with E-state index in [1.165, 1.54) is 29.4 Å². The van der Waals surface area contributed by atoms with Gasteiger partial charge < -0.3 is 16.0 Å². The Morgan fingerprint density at radius 1 is 1.45 bits per heavy atom. The number of hydrogen-bond donors (Lipinski definition) is 3. The van der Waals surface area contributed by atoms with Crippen molar-refractivity contribution in [2.45, 2.75) is 32.1 Å². The molecule has 0 spiro atoms. The lowest BCUT2D eigenvalue weighted by molar-refractivity contribution is -0.117. The molecule has 1 atom stereocenters. The first-order chi connectivity index (χ1) is 9.66. The Morgan fingerprint density at radius 2 is 2.30 bits per heavy atom. The van der Waals surface area contributed by atoms with Gasteiger partial charge in [0.2, 0.25) is 5.91 Å². The molecule has 0 aliphatic carbocycles. The zero-order chi connectivity index (χ0) is 14.1. The number of piperidine rings is 1. The highest BCUT2D eigenvalue weighted by Gasteiger charge is 2.20. The van der Waals surface area contributed by atoms with E-state index in [1.54, 1.807) is 0 Å². The van der Waals surface area contributed by atoms with E-state index in [0.717, 1.165) is 24.2 Å². The number of carbonyl (C=O) groups excluding carboxylic acids is 1. The number of benzene rings is 1. The second-order valence-electron chi connectivity index (χ2n) is 5.72. The highest BCUT2D eigenvalue weighted by Crippen LogP contribution is 2.33. The van der Waals surface area contributed by atoms with Crippen molar-refractivity contribution in [2.75, 3.05) is 13.1 Å². The van der Waals surface area contributed by atoms with Gasteiger partial charge in [0.05, 0.1) is 6.42 Å². The zero-order valence-corrected chi connectivity index (χ0v) is 11.8. The molecule has 4 heteroatoms. The van der Waals surface area contributed by atoms with Crippen molar-refractivity contribution in [3.05, 3.63) is 35.0 Å². The molecule has 106 valence electrons. The molecule has 4 nitrogen and oxygen atoms in total. The molecule has 1 amide bonds. The summed E-state index contributed by atoms with van der Waals surface area (Å²) in [6.45, 7) is 4.27. The number of aromatic amines is 1. The molecular formula is C16H21N3O. The first kappa shape index (κ1) is 13.2. The van der Waals surface area contributed by atoms with Crippen molar-refractivity contribution in [3.8, 4) is 0 Å². The number of H-pyrrole nitrogens is 1. The Labute approximate surface area is 118 Å². The van der Waals surface area contributed by atoms with Gasteiger partial charge in [0.1, 0.15) is 0 Å². The number of carbonyl (C=O) groups is 1. The van der Waals surface area contributed by atoms with Gasteiger partial charge in [-0.1, -0.05) is 12.1 Å². The van der Waals surface area contributed by atoms with Gasteiger partial charge in [-0.05, 0) is 48.9 Å². The molecule has 1 saturated heterocycles. The maximum atomic E-state index is 11.2. The summed E-state index contributed by atoms with van der Waals surface area (Å²) in [6.07, 6.45) is 4.76. The maximum Gasteiger partial charge on any atom is 0.221 e. The number of primary amides is 1. The normalized spacial score (nSPS) is 19.4. The predicted octanol–water partition coefficient (Wildman–Crippen LogP) is 1.97. The number of nitrogens with two attached hydrogens (primary N) is 1. The fourth-order valence-corrected chi connectivity index (χ4v) is 3.30. The average molecular weight is 271 g/mol. The Bertz CT molecular complexity index is 638. The van der Waals surface area contributed by atoms with E-state index < -0.39 is 0 Å². The smallest absolute Gasteiger partial charge is 0.221 e. The van der Waals surface area contributed by atoms with E-state index in [-0.39, 0.29) is 5.91 Å². The van der Waals surface area contributed by atoms with Crippen LogP contribution in [0.15, 0.2) is 18.3 Å². The van der Waals surface area contributed by atoms with Crippen molar-refractivity contribution in [1.82, 2.24) is 10.3 Å². The first-order valence-corrected chi connectivity index (χ1v) is 7.25. The molecule has 2 aromatic rings. The average Bonchev–Trinajstić information content (AvgIpc) is 2.83. The van der Waals surface area contributed by atoms with E-state index in [4.69, 9.17) is 5.73 Å². The lowest BCUT2D eigenvalue weighted by atomic mass is 9.87. The Balaban J connectivity index is 2.09. The fourth-order valence-electron chi connectivity index (χ4n) is 3.30. The summed E-state index contributed by atoms with van der Waals surface area (Å²) < 4.78 is 0. The number of fused-ring (bicyclic) bond motifs is 1. The topological polar surface area (TPSA) is 70.9 Å². The molecule has 1 aliphatic rings. The van der Waals surface area contributed by atoms with Crippen LogP contribution in [0.2, 0.25) is 0 Å². The largest absolute Gasteiger partial charge is 0.369 e. The summed E-state index contributed by atoms with van der Waals surface area (Å²) in [5.74, 6) is 0.272. The summed E-state index contributed by atoms with van der Waals surface area (Å²) in [7, 11) is 0. The molecule has 1 unspecified atom stereocenters. The van der Waals surface area contributed by atoms with Crippen molar-refractivity contribution in [1.29, 1.82) is 0 Å². The van der Waals surface area contributed by atoms with Crippen LogP contribution in [-0.4, -0.2) is 24.0 Å². The molecular weight excluding hydrogens is 250 g/mol.